The molecule has 4 heteroatoms. The lowest BCUT2D eigenvalue weighted by molar-refractivity contribution is 0.153. The summed E-state index contributed by atoms with van der Waals surface area (Å²) < 4.78 is 2.11. The van der Waals surface area contributed by atoms with Crippen molar-refractivity contribution in [3.8, 4) is 0 Å². The second-order valence-corrected chi connectivity index (χ2v) is 5.03. The average Bonchev–Trinajstić information content (AvgIpc) is 2.83. The number of hydrogen-bond acceptors (Lipinski definition) is 3. The van der Waals surface area contributed by atoms with Crippen LogP contribution in [-0.2, 0) is 6.42 Å². The van der Waals surface area contributed by atoms with Crippen molar-refractivity contribution in [2.75, 3.05) is 13.1 Å². The molecule has 2 aromatic heterocycles. The maximum absolute atomic E-state index is 4.34. The van der Waals surface area contributed by atoms with Crippen molar-refractivity contribution in [1.82, 2.24) is 19.5 Å². The minimum Gasteiger partial charge on any atom is -0.300 e. The normalized spacial score (nSPS) is 21.5. The molecule has 1 aliphatic heterocycles. The summed E-state index contributed by atoms with van der Waals surface area (Å²) in [7, 11) is 0. The molecule has 1 unspecified atom stereocenters. The minimum atomic E-state index is 0.636. The third-order valence-electron chi connectivity index (χ3n) is 3.96. The van der Waals surface area contributed by atoms with Crippen LogP contribution in [0.5, 0.6) is 0 Å². The summed E-state index contributed by atoms with van der Waals surface area (Å²) in [5, 5.41) is 8.57. The first kappa shape index (κ1) is 11.7. The van der Waals surface area contributed by atoms with E-state index in [1.807, 2.05) is 18.2 Å². The fourth-order valence-electron chi connectivity index (χ4n) is 2.95. The van der Waals surface area contributed by atoms with Gasteiger partial charge in [-0.05, 0) is 38.1 Å². The van der Waals surface area contributed by atoms with Gasteiger partial charge in [0.15, 0.2) is 5.65 Å². The van der Waals surface area contributed by atoms with Crippen LogP contribution in [0.25, 0.3) is 5.65 Å². The number of rotatable bonds is 3. The molecule has 0 N–H and O–H groups in total. The van der Waals surface area contributed by atoms with Gasteiger partial charge in [0.2, 0.25) is 0 Å². The number of likely N-dealkylation sites (tertiary alicyclic amines) is 1. The van der Waals surface area contributed by atoms with Crippen molar-refractivity contribution in [3.63, 3.8) is 0 Å². The number of nitrogens with zero attached hydrogens (tertiary/aromatic N) is 4. The molecule has 1 atom stereocenters. The molecule has 0 bridgehead atoms. The summed E-state index contributed by atoms with van der Waals surface area (Å²) in [6, 6.07) is 6.69. The molecule has 1 saturated heterocycles. The van der Waals surface area contributed by atoms with E-state index in [0.717, 1.165) is 24.4 Å². The molecule has 3 heterocycles. The van der Waals surface area contributed by atoms with Crippen LogP contribution >= 0.6 is 0 Å². The predicted molar refractivity (Wildman–Crippen MR) is 71.6 cm³/mol. The Hall–Kier alpha value is -1.42. The Morgan fingerprint density at radius 3 is 3.11 bits per heavy atom. The largest absolute Gasteiger partial charge is 0.300 e. The Bertz CT molecular complexity index is 519. The van der Waals surface area contributed by atoms with Gasteiger partial charge in [-0.2, -0.15) is 0 Å². The molecule has 4 nitrogen and oxygen atoms in total. The number of aromatic nitrogens is 3. The smallest absolute Gasteiger partial charge is 0.160 e. The highest BCUT2D eigenvalue weighted by Gasteiger charge is 2.22. The Morgan fingerprint density at radius 2 is 2.22 bits per heavy atom. The highest BCUT2D eigenvalue weighted by atomic mass is 15.3. The molecule has 3 rings (SSSR count). The van der Waals surface area contributed by atoms with Crippen molar-refractivity contribution in [3.05, 3.63) is 30.2 Å². The molecular formula is C14H20N4. The Balaban J connectivity index is 1.82. The number of hydrogen-bond donors (Lipinski definition) is 0. The zero-order valence-electron chi connectivity index (χ0n) is 10.9. The maximum atomic E-state index is 4.34. The molecule has 0 radical (unpaired) electrons. The van der Waals surface area contributed by atoms with E-state index in [4.69, 9.17) is 0 Å². The lowest BCUT2D eigenvalue weighted by Gasteiger charge is -2.34. The molecule has 1 fully saturated rings. The monoisotopic (exact) mass is 244 g/mol. The molecule has 96 valence electrons. The number of fused-ring (bicyclic) bond motifs is 1. The predicted octanol–water partition coefficient (Wildman–Crippen LogP) is 2.15. The zero-order valence-corrected chi connectivity index (χ0v) is 10.9. The van der Waals surface area contributed by atoms with E-state index in [1.165, 1.54) is 25.8 Å². The van der Waals surface area contributed by atoms with Crippen LogP contribution in [-0.4, -0.2) is 38.6 Å². The highest BCUT2D eigenvalue weighted by Crippen LogP contribution is 2.20. The van der Waals surface area contributed by atoms with Crippen LogP contribution in [0, 0.1) is 0 Å². The SMILES string of the molecule is CCN1CCCCC1Cc1nnc2ccccn12. The van der Waals surface area contributed by atoms with Crippen molar-refractivity contribution in [1.29, 1.82) is 0 Å². The molecule has 1 aliphatic rings. The Kier molecular flexibility index (Phi) is 3.28. The van der Waals surface area contributed by atoms with E-state index in [2.05, 4.69) is 32.6 Å². The van der Waals surface area contributed by atoms with Crippen LogP contribution in [0.3, 0.4) is 0 Å². The second kappa shape index (κ2) is 5.06. The average molecular weight is 244 g/mol. The molecule has 0 amide bonds. The number of pyridine rings is 1. The van der Waals surface area contributed by atoms with E-state index in [-0.39, 0.29) is 0 Å². The van der Waals surface area contributed by atoms with E-state index >= 15 is 0 Å². The fourth-order valence-corrected chi connectivity index (χ4v) is 2.95. The van der Waals surface area contributed by atoms with E-state index in [0.29, 0.717) is 6.04 Å². The minimum absolute atomic E-state index is 0.636. The molecule has 0 saturated carbocycles. The van der Waals surface area contributed by atoms with Crippen LogP contribution in [0.15, 0.2) is 24.4 Å². The standard InChI is InChI=1S/C14H20N4/c1-2-17-9-5-3-7-12(17)11-14-16-15-13-8-4-6-10-18(13)14/h4,6,8,10,12H,2-3,5,7,9,11H2,1H3. The van der Waals surface area contributed by atoms with Crippen LogP contribution in [0.1, 0.15) is 32.0 Å². The Labute approximate surface area is 108 Å². The first-order valence-corrected chi connectivity index (χ1v) is 6.91. The van der Waals surface area contributed by atoms with Crippen molar-refractivity contribution in [2.24, 2.45) is 0 Å². The summed E-state index contributed by atoms with van der Waals surface area (Å²) in [6.07, 6.45) is 7.04. The molecule has 2 aromatic rings. The quantitative estimate of drug-likeness (QED) is 0.829. The Morgan fingerprint density at radius 1 is 1.28 bits per heavy atom. The summed E-state index contributed by atoms with van der Waals surface area (Å²) >= 11 is 0. The lowest BCUT2D eigenvalue weighted by atomic mass is 9.99. The number of likely N-dealkylation sites (N-methyl/N-ethyl adjacent to an activating group) is 1. The lowest BCUT2D eigenvalue weighted by Crippen LogP contribution is -2.40. The van der Waals surface area contributed by atoms with Gasteiger partial charge in [0.05, 0.1) is 0 Å². The maximum Gasteiger partial charge on any atom is 0.160 e. The first-order chi connectivity index (χ1) is 8.88. The fraction of sp³-hybridized carbons (Fsp3) is 0.571. The van der Waals surface area contributed by atoms with Crippen molar-refractivity contribution >= 4 is 5.65 Å². The van der Waals surface area contributed by atoms with Gasteiger partial charge in [-0.25, -0.2) is 0 Å². The zero-order chi connectivity index (χ0) is 12.4. The van der Waals surface area contributed by atoms with E-state index in [9.17, 15) is 0 Å². The van der Waals surface area contributed by atoms with Gasteiger partial charge in [-0.1, -0.05) is 19.4 Å². The number of piperidine rings is 1. The third kappa shape index (κ3) is 2.12. The van der Waals surface area contributed by atoms with Gasteiger partial charge in [-0.3, -0.25) is 4.40 Å². The first-order valence-electron chi connectivity index (χ1n) is 6.91. The van der Waals surface area contributed by atoms with Gasteiger partial charge < -0.3 is 4.90 Å². The second-order valence-electron chi connectivity index (χ2n) is 5.03. The summed E-state index contributed by atoms with van der Waals surface area (Å²) in [5.41, 5.74) is 0.950. The summed E-state index contributed by atoms with van der Waals surface area (Å²) in [4.78, 5) is 2.58. The third-order valence-corrected chi connectivity index (χ3v) is 3.96. The van der Waals surface area contributed by atoms with Crippen LogP contribution < -0.4 is 0 Å². The molecule has 0 spiro atoms. The van der Waals surface area contributed by atoms with E-state index < -0.39 is 0 Å². The summed E-state index contributed by atoms with van der Waals surface area (Å²) in [6.45, 7) is 4.62. The molecule has 0 aromatic carbocycles. The summed E-state index contributed by atoms with van der Waals surface area (Å²) in [5.74, 6) is 1.09. The van der Waals surface area contributed by atoms with Gasteiger partial charge >= 0.3 is 0 Å². The molecular weight excluding hydrogens is 224 g/mol. The van der Waals surface area contributed by atoms with Crippen molar-refractivity contribution in [2.45, 2.75) is 38.6 Å². The van der Waals surface area contributed by atoms with Gasteiger partial charge in [0.25, 0.3) is 0 Å². The van der Waals surface area contributed by atoms with Crippen LogP contribution in [0.2, 0.25) is 0 Å². The highest BCUT2D eigenvalue weighted by molar-refractivity contribution is 5.37. The van der Waals surface area contributed by atoms with Gasteiger partial charge in [0, 0.05) is 18.7 Å². The van der Waals surface area contributed by atoms with Crippen molar-refractivity contribution < 1.29 is 0 Å². The van der Waals surface area contributed by atoms with Gasteiger partial charge in [-0.15, -0.1) is 10.2 Å². The molecule has 0 aliphatic carbocycles. The van der Waals surface area contributed by atoms with Gasteiger partial charge in [0.1, 0.15) is 5.82 Å². The topological polar surface area (TPSA) is 33.4 Å². The van der Waals surface area contributed by atoms with Crippen LogP contribution in [0.4, 0.5) is 0 Å². The van der Waals surface area contributed by atoms with E-state index in [1.54, 1.807) is 0 Å². The molecule has 18 heavy (non-hydrogen) atoms.